The lowest BCUT2D eigenvalue weighted by Gasteiger charge is -2.23. The molecule has 1 saturated carbocycles. The van der Waals surface area contributed by atoms with Crippen molar-refractivity contribution in [3.8, 4) is 0 Å². The van der Waals surface area contributed by atoms with E-state index < -0.39 is 0 Å². The van der Waals surface area contributed by atoms with Gasteiger partial charge in [0.2, 0.25) is 5.91 Å². The van der Waals surface area contributed by atoms with E-state index in [1.807, 2.05) is 17.9 Å². The van der Waals surface area contributed by atoms with Crippen molar-refractivity contribution < 1.29 is 4.79 Å². The Bertz CT molecular complexity index is 516. The van der Waals surface area contributed by atoms with Gasteiger partial charge in [-0.25, -0.2) is 0 Å². The zero-order valence-corrected chi connectivity index (χ0v) is 12.3. The predicted molar refractivity (Wildman–Crippen MR) is 82.8 cm³/mol. The first kappa shape index (κ1) is 13.5. The van der Waals surface area contributed by atoms with Crippen LogP contribution in [-0.2, 0) is 11.2 Å². The Morgan fingerprint density at radius 2 is 1.90 bits per heavy atom. The molecule has 0 aromatic heterocycles. The van der Waals surface area contributed by atoms with Gasteiger partial charge in [0, 0.05) is 23.8 Å². The molecule has 0 saturated heterocycles. The van der Waals surface area contributed by atoms with Crippen LogP contribution in [0.25, 0.3) is 0 Å². The molecule has 0 bridgehead atoms. The highest BCUT2D eigenvalue weighted by molar-refractivity contribution is 5.97. The van der Waals surface area contributed by atoms with E-state index >= 15 is 0 Å². The van der Waals surface area contributed by atoms with Crippen LogP contribution in [0.1, 0.15) is 49.7 Å². The van der Waals surface area contributed by atoms with Crippen molar-refractivity contribution >= 4 is 17.3 Å². The second-order valence-electron chi connectivity index (χ2n) is 6.27. The third kappa shape index (κ3) is 2.41. The molecule has 1 heterocycles. The van der Waals surface area contributed by atoms with Crippen LogP contribution in [0.4, 0.5) is 11.4 Å². The molecule has 1 aliphatic carbocycles. The molecule has 1 aliphatic heterocycles. The maximum absolute atomic E-state index is 12.8. The molecule has 0 radical (unpaired) electrons. The highest BCUT2D eigenvalue weighted by Gasteiger charge is 2.30. The second kappa shape index (κ2) is 5.47. The van der Waals surface area contributed by atoms with Crippen LogP contribution in [0.5, 0.6) is 0 Å². The number of amides is 1. The van der Waals surface area contributed by atoms with Gasteiger partial charge in [-0.15, -0.1) is 0 Å². The summed E-state index contributed by atoms with van der Waals surface area (Å²) in [6.07, 6.45) is 8.06. The van der Waals surface area contributed by atoms with Gasteiger partial charge in [0.1, 0.15) is 0 Å². The van der Waals surface area contributed by atoms with Crippen LogP contribution in [0, 0.1) is 12.8 Å². The number of rotatable bonds is 1. The second-order valence-corrected chi connectivity index (χ2v) is 6.27. The maximum Gasteiger partial charge on any atom is 0.230 e. The van der Waals surface area contributed by atoms with E-state index in [0.29, 0.717) is 5.91 Å². The molecule has 2 aliphatic rings. The highest BCUT2D eigenvalue weighted by Crippen LogP contribution is 2.35. The zero-order valence-electron chi connectivity index (χ0n) is 12.3. The van der Waals surface area contributed by atoms with E-state index in [0.717, 1.165) is 42.7 Å². The number of hydrogen-bond donors (Lipinski definition) is 1. The van der Waals surface area contributed by atoms with Crippen LogP contribution in [-0.4, -0.2) is 12.5 Å². The zero-order chi connectivity index (χ0) is 14.1. The molecule has 2 N–H and O–H groups in total. The summed E-state index contributed by atoms with van der Waals surface area (Å²) in [7, 11) is 0. The van der Waals surface area contributed by atoms with Crippen molar-refractivity contribution in [1.29, 1.82) is 0 Å². The van der Waals surface area contributed by atoms with Gasteiger partial charge in [0.05, 0.1) is 0 Å². The standard InChI is InChI=1S/C17H24N2O/c1-12-10-14-8-9-19(16(14)11-15(12)18)17(20)13-6-4-2-3-5-7-13/h10-11,13H,2-9,18H2,1H3. The van der Waals surface area contributed by atoms with Crippen LogP contribution in [0.3, 0.4) is 0 Å². The number of benzene rings is 1. The molecule has 1 aromatic carbocycles. The number of carbonyl (C=O) groups is 1. The summed E-state index contributed by atoms with van der Waals surface area (Å²) in [6, 6.07) is 4.14. The average Bonchev–Trinajstić information content (AvgIpc) is 2.66. The van der Waals surface area contributed by atoms with Gasteiger partial charge < -0.3 is 10.6 Å². The Kier molecular flexibility index (Phi) is 3.68. The van der Waals surface area contributed by atoms with Crippen molar-refractivity contribution in [2.45, 2.75) is 51.9 Å². The van der Waals surface area contributed by atoms with Crippen LogP contribution in [0.15, 0.2) is 12.1 Å². The first-order valence-electron chi connectivity index (χ1n) is 7.87. The Hall–Kier alpha value is -1.51. The fraction of sp³-hybridized carbons (Fsp3) is 0.588. The normalized spacial score (nSPS) is 19.8. The summed E-state index contributed by atoms with van der Waals surface area (Å²) < 4.78 is 0. The summed E-state index contributed by atoms with van der Waals surface area (Å²) in [5.74, 6) is 0.555. The third-order valence-corrected chi connectivity index (χ3v) is 4.83. The Labute approximate surface area is 121 Å². The highest BCUT2D eigenvalue weighted by atomic mass is 16.2. The van der Waals surface area contributed by atoms with Crippen molar-refractivity contribution in [2.75, 3.05) is 17.2 Å². The Balaban J connectivity index is 1.83. The van der Waals surface area contributed by atoms with Gasteiger partial charge in [-0.3, -0.25) is 4.79 Å². The summed E-state index contributed by atoms with van der Waals surface area (Å²) in [6.45, 7) is 2.86. The number of anilines is 2. The fourth-order valence-corrected chi connectivity index (χ4v) is 3.55. The lowest BCUT2D eigenvalue weighted by atomic mass is 9.98. The van der Waals surface area contributed by atoms with Crippen molar-refractivity contribution in [3.05, 3.63) is 23.3 Å². The minimum Gasteiger partial charge on any atom is -0.398 e. The molecule has 0 spiro atoms. The van der Waals surface area contributed by atoms with Gasteiger partial charge in [0.15, 0.2) is 0 Å². The van der Waals surface area contributed by atoms with E-state index in [-0.39, 0.29) is 5.92 Å². The van der Waals surface area contributed by atoms with Crippen molar-refractivity contribution in [1.82, 2.24) is 0 Å². The molecule has 3 heteroatoms. The molecule has 0 atom stereocenters. The molecule has 108 valence electrons. The SMILES string of the molecule is Cc1cc2c(cc1N)N(C(=O)C1CCCCCC1)CC2. The molecule has 1 aromatic rings. The molecular formula is C17H24N2O. The lowest BCUT2D eigenvalue weighted by Crippen LogP contribution is -2.34. The molecule has 3 nitrogen and oxygen atoms in total. The molecule has 1 fully saturated rings. The smallest absolute Gasteiger partial charge is 0.230 e. The van der Waals surface area contributed by atoms with E-state index in [2.05, 4.69) is 6.07 Å². The number of nitrogens with zero attached hydrogens (tertiary/aromatic N) is 1. The summed E-state index contributed by atoms with van der Waals surface area (Å²) in [4.78, 5) is 14.8. The lowest BCUT2D eigenvalue weighted by molar-refractivity contribution is -0.122. The van der Waals surface area contributed by atoms with Gasteiger partial charge >= 0.3 is 0 Å². The number of nitrogens with two attached hydrogens (primary N) is 1. The summed E-state index contributed by atoms with van der Waals surface area (Å²) in [5.41, 5.74) is 10.3. The predicted octanol–water partition coefficient (Wildman–Crippen LogP) is 3.44. The van der Waals surface area contributed by atoms with Gasteiger partial charge in [0.25, 0.3) is 0 Å². The van der Waals surface area contributed by atoms with Crippen LogP contribution < -0.4 is 10.6 Å². The molecular weight excluding hydrogens is 248 g/mol. The maximum atomic E-state index is 12.8. The van der Waals surface area contributed by atoms with Gasteiger partial charge in [-0.05, 0) is 43.4 Å². The number of nitrogen functional groups attached to an aromatic ring is 1. The summed E-state index contributed by atoms with van der Waals surface area (Å²) in [5, 5.41) is 0. The monoisotopic (exact) mass is 272 g/mol. The van der Waals surface area contributed by atoms with E-state index in [1.54, 1.807) is 0 Å². The van der Waals surface area contributed by atoms with E-state index in [1.165, 1.54) is 31.2 Å². The van der Waals surface area contributed by atoms with E-state index in [4.69, 9.17) is 5.73 Å². The Morgan fingerprint density at radius 1 is 1.20 bits per heavy atom. The summed E-state index contributed by atoms with van der Waals surface area (Å²) >= 11 is 0. The minimum absolute atomic E-state index is 0.228. The van der Waals surface area contributed by atoms with Crippen molar-refractivity contribution in [3.63, 3.8) is 0 Å². The average molecular weight is 272 g/mol. The molecule has 3 rings (SSSR count). The number of hydrogen-bond acceptors (Lipinski definition) is 2. The minimum atomic E-state index is 0.228. The number of aryl methyl sites for hydroxylation is 1. The van der Waals surface area contributed by atoms with Crippen LogP contribution in [0.2, 0.25) is 0 Å². The topological polar surface area (TPSA) is 46.3 Å². The van der Waals surface area contributed by atoms with E-state index in [9.17, 15) is 4.79 Å². The first-order valence-corrected chi connectivity index (χ1v) is 7.87. The first-order chi connectivity index (χ1) is 9.66. The molecule has 0 unspecified atom stereocenters. The largest absolute Gasteiger partial charge is 0.398 e. The molecule has 20 heavy (non-hydrogen) atoms. The van der Waals surface area contributed by atoms with Crippen LogP contribution >= 0.6 is 0 Å². The van der Waals surface area contributed by atoms with Gasteiger partial charge in [-0.2, -0.15) is 0 Å². The fourth-order valence-electron chi connectivity index (χ4n) is 3.55. The Morgan fingerprint density at radius 3 is 2.60 bits per heavy atom. The molecule has 1 amide bonds. The van der Waals surface area contributed by atoms with Gasteiger partial charge in [-0.1, -0.05) is 31.7 Å². The third-order valence-electron chi connectivity index (χ3n) is 4.83. The number of carbonyl (C=O) groups excluding carboxylic acids is 1. The quantitative estimate of drug-likeness (QED) is 0.629. The number of fused-ring (bicyclic) bond motifs is 1. The van der Waals surface area contributed by atoms with Crippen molar-refractivity contribution in [2.24, 2.45) is 5.92 Å².